The van der Waals surface area contributed by atoms with Crippen molar-refractivity contribution < 1.29 is 0 Å². The molecule has 0 aliphatic heterocycles. The molecule has 0 aliphatic carbocycles. The maximum absolute atomic E-state index is 5.08. The van der Waals surface area contributed by atoms with E-state index in [4.69, 9.17) is 10.2 Å². The SMILES string of the molecule is c1ccc(-c2cc(-c3ccccc3)cc(-n3c4ccccc4c4cc(-c5nnc(-c6ccc7c8ccccc8n(-c8cc(-c9ccccc9)cc(-c9ccccc9)c8)c7c6)n5-c5ccccc5)ccc43)c2)cc1. The van der Waals surface area contributed by atoms with Gasteiger partial charge in [0.2, 0.25) is 0 Å². The Balaban J connectivity index is 0.949. The number of fused-ring (bicyclic) bond motifs is 6. The predicted molar refractivity (Wildman–Crippen MR) is 303 cm³/mol. The Kier molecular flexibility index (Phi) is 10.1. The van der Waals surface area contributed by atoms with Crippen LogP contribution in [0.25, 0.3) is 128 Å². The van der Waals surface area contributed by atoms with Crippen molar-refractivity contribution in [2.75, 3.05) is 0 Å². The summed E-state index contributed by atoms with van der Waals surface area (Å²) < 4.78 is 7.04. The van der Waals surface area contributed by atoms with Crippen molar-refractivity contribution in [1.82, 2.24) is 23.9 Å². The smallest absolute Gasteiger partial charge is 0.168 e. The zero-order chi connectivity index (χ0) is 48.2. The molecule has 0 radical (unpaired) electrons. The second-order valence-electron chi connectivity index (χ2n) is 18.7. The molecule has 342 valence electrons. The summed E-state index contributed by atoms with van der Waals surface area (Å²) in [5, 5.41) is 14.8. The first-order chi connectivity index (χ1) is 36.2. The Morgan fingerprint density at radius 1 is 0.192 bits per heavy atom. The van der Waals surface area contributed by atoms with Gasteiger partial charge in [-0.1, -0.05) is 188 Å². The van der Waals surface area contributed by atoms with Crippen LogP contribution in [0, 0.1) is 0 Å². The number of benzene rings is 11. The van der Waals surface area contributed by atoms with Crippen molar-refractivity contribution in [3.8, 4) is 84.3 Å². The highest BCUT2D eigenvalue weighted by molar-refractivity contribution is 6.12. The van der Waals surface area contributed by atoms with Crippen LogP contribution in [-0.2, 0) is 0 Å². The summed E-state index contributed by atoms with van der Waals surface area (Å²) in [5.74, 6) is 1.53. The quantitative estimate of drug-likeness (QED) is 0.145. The Labute approximate surface area is 422 Å². The van der Waals surface area contributed by atoms with Gasteiger partial charge in [-0.05, 0) is 129 Å². The molecule has 5 nitrogen and oxygen atoms in total. The summed E-state index contributed by atoms with van der Waals surface area (Å²) in [6, 6.07) is 98.0. The molecule has 5 heteroatoms. The second kappa shape index (κ2) is 17.5. The Hall–Kier alpha value is -9.84. The third-order valence-corrected chi connectivity index (χ3v) is 14.3. The first-order valence-electron chi connectivity index (χ1n) is 24.8. The lowest BCUT2D eigenvalue weighted by atomic mass is 9.98. The highest BCUT2D eigenvalue weighted by Gasteiger charge is 2.22. The lowest BCUT2D eigenvalue weighted by Gasteiger charge is -2.15. The maximum Gasteiger partial charge on any atom is 0.168 e. The number of nitrogens with zero attached hydrogens (tertiary/aromatic N) is 5. The third-order valence-electron chi connectivity index (χ3n) is 14.3. The molecule has 0 bridgehead atoms. The van der Waals surface area contributed by atoms with Crippen LogP contribution in [0.2, 0.25) is 0 Å². The van der Waals surface area contributed by atoms with Gasteiger partial charge in [-0.15, -0.1) is 10.2 Å². The van der Waals surface area contributed by atoms with E-state index >= 15 is 0 Å². The van der Waals surface area contributed by atoms with E-state index in [0.717, 1.165) is 78.4 Å². The molecule has 0 amide bonds. The minimum absolute atomic E-state index is 0.761. The van der Waals surface area contributed by atoms with Crippen molar-refractivity contribution in [1.29, 1.82) is 0 Å². The number of hydrogen-bond acceptors (Lipinski definition) is 2. The summed E-state index contributed by atoms with van der Waals surface area (Å²) in [6.45, 7) is 0. The first-order valence-corrected chi connectivity index (χ1v) is 24.8. The summed E-state index contributed by atoms with van der Waals surface area (Å²) in [6.07, 6.45) is 0. The summed E-state index contributed by atoms with van der Waals surface area (Å²) >= 11 is 0. The van der Waals surface area contributed by atoms with Gasteiger partial charge >= 0.3 is 0 Å². The lowest BCUT2D eigenvalue weighted by molar-refractivity contribution is 1.07. The Morgan fingerprint density at radius 2 is 0.548 bits per heavy atom. The molecule has 3 aromatic heterocycles. The fraction of sp³-hybridized carbons (Fsp3) is 0. The van der Waals surface area contributed by atoms with Crippen LogP contribution in [-0.4, -0.2) is 23.9 Å². The van der Waals surface area contributed by atoms with E-state index in [2.05, 4.69) is 287 Å². The molecule has 14 rings (SSSR count). The van der Waals surface area contributed by atoms with E-state index in [0.29, 0.717) is 0 Å². The number of aromatic nitrogens is 5. The van der Waals surface area contributed by atoms with Crippen molar-refractivity contribution in [2.24, 2.45) is 0 Å². The van der Waals surface area contributed by atoms with Gasteiger partial charge in [0.25, 0.3) is 0 Å². The highest BCUT2D eigenvalue weighted by Crippen LogP contribution is 2.41. The summed E-state index contributed by atoms with van der Waals surface area (Å²) in [5.41, 5.74) is 18.9. The van der Waals surface area contributed by atoms with E-state index in [1.807, 2.05) is 0 Å². The number of rotatable bonds is 9. The summed E-state index contributed by atoms with van der Waals surface area (Å²) in [4.78, 5) is 0. The molecule has 73 heavy (non-hydrogen) atoms. The van der Waals surface area contributed by atoms with Gasteiger partial charge in [0.05, 0.1) is 22.1 Å². The molecule has 0 saturated heterocycles. The topological polar surface area (TPSA) is 40.6 Å². The number of para-hydroxylation sites is 3. The average molecular weight is 932 g/mol. The first kappa shape index (κ1) is 42.1. The molecule has 0 saturated carbocycles. The monoisotopic (exact) mass is 931 g/mol. The van der Waals surface area contributed by atoms with Crippen molar-refractivity contribution in [2.45, 2.75) is 0 Å². The van der Waals surface area contributed by atoms with Crippen LogP contribution in [0.5, 0.6) is 0 Å². The van der Waals surface area contributed by atoms with Crippen LogP contribution in [0.1, 0.15) is 0 Å². The van der Waals surface area contributed by atoms with E-state index in [-0.39, 0.29) is 0 Å². The van der Waals surface area contributed by atoms with Crippen molar-refractivity contribution in [3.63, 3.8) is 0 Å². The standard InChI is InChI=1S/C68H45N5/c1-6-20-46(21-7-1)52-38-53(47-22-8-2-9-23-47)41-57(40-52)71-64-33-19-17-31-60(64)62-44-50(35-37-65(62)71)67-69-70-68(73(67)56-28-14-5-15-29-56)51-34-36-61-59-30-16-18-32-63(59)72(66(61)45-51)58-42-54(48-24-10-3-11-25-48)39-55(43-58)49-26-12-4-13-27-49/h1-45H. The average Bonchev–Trinajstić information content (AvgIpc) is 4.18. The molecular weight excluding hydrogens is 887 g/mol. The molecule has 0 aliphatic rings. The van der Waals surface area contributed by atoms with Gasteiger partial charge in [-0.3, -0.25) is 4.57 Å². The maximum atomic E-state index is 5.08. The van der Waals surface area contributed by atoms with E-state index in [1.165, 1.54) is 49.5 Å². The van der Waals surface area contributed by atoms with Crippen LogP contribution >= 0.6 is 0 Å². The molecule has 0 spiro atoms. The van der Waals surface area contributed by atoms with Gasteiger partial charge < -0.3 is 9.13 Å². The van der Waals surface area contributed by atoms with Gasteiger partial charge in [0, 0.05) is 49.7 Å². The van der Waals surface area contributed by atoms with Crippen LogP contribution in [0.4, 0.5) is 0 Å². The second-order valence-corrected chi connectivity index (χ2v) is 18.7. The molecule has 11 aromatic carbocycles. The van der Waals surface area contributed by atoms with Gasteiger partial charge in [0.15, 0.2) is 11.6 Å². The van der Waals surface area contributed by atoms with E-state index < -0.39 is 0 Å². The highest BCUT2D eigenvalue weighted by atomic mass is 15.3. The van der Waals surface area contributed by atoms with Crippen LogP contribution in [0.3, 0.4) is 0 Å². The molecule has 14 aromatic rings. The van der Waals surface area contributed by atoms with Crippen molar-refractivity contribution in [3.05, 3.63) is 273 Å². The zero-order valence-electron chi connectivity index (χ0n) is 39.7. The predicted octanol–water partition coefficient (Wildman–Crippen LogP) is 17.5. The van der Waals surface area contributed by atoms with Crippen molar-refractivity contribution >= 4 is 43.6 Å². The van der Waals surface area contributed by atoms with Gasteiger partial charge in [-0.2, -0.15) is 0 Å². The Bertz CT molecular complexity index is 4230. The fourth-order valence-corrected chi connectivity index (χ4v) is 10.9. The fourth-order valence-electron chi connectivity index (χ4n) is 10.9. The summed E-state index contributed by atoms with van der Waals surface area (Å²) in [7, 11) is 0. The van der Waals surface area contributed by atoms with Gasteiger partial charge in [-0.25, -0.2) is 0 Å². The van der Waals surface area contributed by atoms with E-state index in [9.17, 15) is 0 Å². The van der Waals surface area contributed by atoms with Crippen LogP contribution in [0.15, 0.2) is 273 Å². The molecule has 0 unspecified atom stereocenters. The molecule has 0 fully saturated rings. The Morgan fingerprint density at radius 3 is 1.03 bits per heavy atom. The number of hydrogen-bond donors (Lipinski definition) is 0. The minimum atomic E-state index is 0.761. The van der Waals surface area contributed by atoms with E-state index in [1.54, 1.807) is 0 Å². The largest absolute Gasteiger partial charge is 0.309 e. The lowest BCUT2D eigenvalue weighted by Crippen LogP contribution is -2.01. The normalized spacial score (nSPS) is 11.6. The molecule has 0 N–H and O–H groups in total. The molecule has 0 atom stereocenters. The zero-order valence-corrected chi connectivity index (χ0v) is 39.7. The van der Waals surface area contributed by atoms with Crippen LogP contribution < -0.4 is 0 Å². The third kappa shape index (κ3) is 7.33. The molecular formula is C68H45N5. The van der Waals surface area contributed by atoms with Gasteiger partial charge in [0.1, 0.15) is 0 Å². The molecule has 3 heterocycles. The minimum Gasteiger partial charge on any atom is -0.309 e.